The Bertz CT molecular complexity index is 1580. The molecule has 3 heterocycles. The molecule has 236 valence electrons. The van der Waals surface area contributed by atoms with Crippen LogP contribution in [0.3, 0.4) is 0 Å². The lowest BCUT2D eigenvalue weighted by Crippen LogP contribution is -2.40. The van der Waals surface area contributed by atoms with Gasteiger partial charge in [0.1, 0.15) is 11.6 Å². The molecule has 1 saturated heterocycles. The maximum atomic E-state index is 14.0. The van der Waals surface area contributed by atoms with E-state index in [1.807, 2.05) is 13.8 Å². The molecule has 1 unspecified atom stereocenters. The van der Waals surface area contributed by atoms with Crippen molar-refractivity contribution in [2.75, 3.05) is 26.3 Å². The number of hydrogen-bond acceptors (Lipinski definition) is 8. The number of nitrogens with zero attached hydrogens (tertiary/aromatic N) is 4. The van der Waals surface area contributed by atoms with E-state index in [9.17, 15) is 13.2 Å². The standard InChI is InChI=1S/C31H45N5O6S/c1-5-8-9-11-14-27-32-22(4)28-30(37)33-29(34-36(27)28)25-19-24(15-16-26(25)40-7-3)43(38,39)35(6-2)20-23-21-41-31(42-23)17-12-10-13-18-31/h15-16,19,23H,5-14,17-18,20-21H2,1-4H3,(H,33,34,37). The number of likely N-dealkylation sites (N-methyl/N-ethyl adjacent to an activating group) is 1. The van der Waals surface area contributed by atoms with Gasteiger partial charge in [0.2, 0.25) is 10.0 Å². The van der Waals surface area contributed by atoms with Gasteiger partial charge < -0.3 is 19.2 Å². The fourth-order valence-corrected chi connectivity index (χ4v) is 7.70. The molecule has 1 saturated carbocycles. The van der Waals surface area contributed by atoms with Crippen LogP contribution in [0.2, 0.25) is 0 Å². The molecule has 1 spiro atoms. The number of benzene rings is 1. The first-order valence-corrected chi connectivity index (χ1v) is 17.2. The molecule has 1 aliphatic heterocycles. The first-order chi connectivity index (χ1) is 20.7. The van der Waals surface area contributed by atoms with Crippen LogP contribution in [0.25, 0.3) is 16.9 Å². The predicted molar refractivity (Wildman–Crippen MR) is 164 cm³/mol. The van der Waals surface area contributed by atoms with Crippen LogP contribution >= 0.6 is 0 Å². The lowest BCUT2D eigenvalue weighted by atomic mass is 9.94. The number of aryl methyl sites for hydroxylation is 2. The van der Waals surface area contributed by atoms with Gasteiger partial charge in [-0.3, -0.25) is 4.79 Å². The maximum absolute atomic E-state index is 14.0. The number of unbranched alkanes of at least 4 members (excludes halogenated alkanes) is 3. The van der Waals surface area contributed by atoms with E-state index in [0.29, 0.717) is 48.0 Å². The van der Waals surface area contributed by atoms with Crippen LogP contribution in [0.5, 0.6) is 5.75 Å². The fraction of sp³-hybridized carbons (Fsp3) is 0.645. The molecule has 3 aromatic rings. The fourth-order valence-electron chi connectivity index (χ4n) is 6.20. The average molecular weight is 616 g/mol. The number of ether oxygens (including phenoxy) is 3. The summed E-state index contributed by atoms with van der Waals surface area (Å²) >= 11 is 0. The van der Waals surface area contributed by atoms with Crippen molar-refractivity contribution in [1.82, 2.24) is 23.9 Å². The highest BCUT2D eigenvalue weighted by atomic mass is 32.2. The predicted octanol–water partition coefficient (Wildman–Crippen LogP) is 5.00. The first-order valence-electron chi connectivity index (χ1n) is 15.8. The summed E-state index contributed by atoms with van der Waals surface area (Å²) in [5.74, 6) is 0.791. The Morgan fingerprint density at radius 2 is 1.93 bits per heavy atom. The van der Waals surface area contributed by atoms with Gasteiger partial charge in [0.25, 0.3) is 5.56 Å². The molecule has 5 rings (SSSR count). The van der Waals surface area contributed by atoms with Gasteiger partial charge in [0.05, 0.1) is 35.5 Å². The minimum atomic E-state index is -3.91. The lowest BCUT2D eigenvalue weighted by Gasteiger charge is -2.32. The second kappa shape index (κ2) is 13.5. The van der Waals surface area contributed by atoms with Gasteiger partial charge in [-0.25, -0.2) is 17.9 Å². The minimum Gasteiger partial charge on any atom is -0.493 e. The molecule has 0 radical (unpaired) electrons. The highest BCUT2D eigenvalue weighted by molar-refractivity contribution is 7.89. The van der Waals surface area contributed by atoms with Crippen molar-refractivity contribution < 1.29 is 22.6 Å². The van der Waals surface area contributed by atoms with Gasteiger partial charge >= 0.3 is 0 Å². The van der Waals surface area contributed by atoms with Crippen molar-refractivity contribution in [2.24, 2.45) is 0 Å². The Morgan fingerprint density at radius 3 is 2.65 bits per heavy atom. The van der Waals surface area contributed by atoms with Crippen LogP contribution in [0.1, 0.15) is 90.1 Å². The van der Waals surface area contributed by atoms with E-state index in [4.69, 9.17) is 19.3 Å². The number of aromatic nitrogens is 4. The molecule has 0 bridgehead atoms. The molecule has 12 heteroatoms. The second-order valence-electron chi connectivity index (χ2n) is 11.6. The molecule has 2 fully saturated rings. The molecular weight excluding hydrogens is 570 g/mol. The summed E-state index contributed by atoms with van der Waals surface area (Å²) in [5.41, 5.74) is 1.06. The molecule has 2 aliphatic rings. The van der Waals surface area contributed by atoms with Gasteiger partial charge in [0, 0.05) is 32.4 Å². The minimum absolute atomic E-state index is 0.0865. The van der Waals surface area contributed by atoms with Gasteiger partial charge in [0.15, 0.2) is 17.1 Å². The zero-order chi connectivity index (χ0) is 30.6. The smallest absolute Gasteiger partial charge is 0.277 e. The number of rotatable bonds is 13. The molecule has 0 amide bonds. The molecule has 1 aliphatic carbocycles. The Hall–Kier alpha value is -2.80. The number of H-pyrrole nitrogens is 1. The monoisotopic (exact) mass is 615 g/mol. The normalized spacial score (nSPS) is 18.7. The summed E-state index contributed by atoms with van der Waals surface area (Å²) in [4.78, 5) is 20.8. The zero-order valence-corrected chi connectivity index (χ0v) is 26.7. The number of hydrogen-bond donors (Lipinski definition) is 1. The van der Waals surface area contributed by atoms with Crippen LogP contribution < -0.4 is 10.3 Å². The number of sulfonamides is 1. The van der Waals surface area contributed by atoms with E-state index in [-0.39, 0.29) is 35.5 Å². The number of imidazole rings is 1. The zero-order valence-electron chi connectivity index (χ0n) is 25.9. The molecule has 1 aromatic carbocycles. The SMILES string of the molecule is CCCCCCc1nc(C)c2c(=O)[nH]c(-c3cc(S(=O)(=O)N(CC)CC4COC5(CCCCC5)O4)ccc3OCC)nn12. The summed E-state index contributed by atoms with van der Waals surface area (Å²) < 4.78 is 49.2. The summed E-state index contributed by atoms with van der Waals surface area (Å²) in [7, 11) is -3.91. The molecule has 1 atom stereocenters. The largest absolute Gasteiger partial charge is 0.493 e. The molecule has 2 aromatic heterocycles. The van der Waals surface area contributed by atoms with Crippen LogP contribution in [0, 0.1) is 6.92 Å². The molecule has 11 nitrogen and oxygen atoms in total. The lowest BCUT2D eigenvalue weighted by molar-refractivity contribution is -0.187. The maximum Gasteiger partial charge on any atom is 0.277 e. The van der Waals surface area contributed by atoms with Gasteiger partial charge in [-0.1, -0.05) is 39.5 Å². The highest BCUT2D eigenvalue weighted by Gasteiger charge is 2.43. The Morgan fingerprint density at radius 1 is 1.14 bits per heavy atom. The topological polar surface area (TPSA) is 128 Å². The summed E-state index contributed by atoms with van der Waals surface area (Å²) in [6, 6.07) is 4.70. The van der Waals surface area contributed by atoms with E-state index in [0.717, 1.165) is 51.4 Å². The third-order valence-corrected chi connectivity index (χ3v) is 10.4. The molecular formula is C31H45N5O6S. The van der Waals surface area contributed by atoms with Gasteiger partial charge in [-0.15, -0.1) is 5.10 Å². The number of nitrogens with one attached hydrogen (secondary N) is 1. The van der Waals surface area contributed by atoms with Gasteiger partial charge in [-0.05, 0) is 51.3 Å². The van der Waals surface area contributed by atoms with Crippen LogP contribution in [0.4, 0.5) is 0 Å². The Labute approximate surface area is 254 Å². The van der Waals surface area contributed by atoms with E-state index < -0.39 is 15.8 Å². The van der Waals surface area contributed by atoms with Crippen LogP contribution in [-0.2, 0) is 25.9 Å². The van der Waals surface area contributed by atoms with E-state index in [2.05, 4.69) is 16.9 Å². The number of fused-ring (bicyclic) bond motifs is 1. The third kappa shape index (κ3) is 6.67. The second-order valence-corrected chi connectivity index (χ2v) is 13.5. The van der Waals surface area contributed by atoms with E-state index >= 15 is 0 Å². The van der Waals surface area contributed by atoms with Crippen molar-refractivity contribution in [2.45, 2.75) is 109 Å². The summed E-state index contributed by atoms with van der Waals surface area (Å²) in [6.45, 7) is 8.83. The van der Waals surface area contributed by atoms with Crippen molar-refractivity contribution in [3.8, 4) is 17.1 Å². The molecule has 1 N–H and O–H groups in total. The van der Waals surface area contributed by atoms with Crippen molar-refractivity contribution >= 4 is 15.5 Å². The Balaban J connectivity index is 1.47. The van der Waals surface area contributed by atoms with Crippen LogP contribution in [0.15, 0.2) is 27.9 Å². The summed E-state index contributed by atoms with van der Waals surface area (Å²) in [6.07, 6.45) is 9.59. The summed E-state index contributed by atoms with van der Waals surface area (Å²) in [5, 5.41) is 4.76. The average Bonchev–Trinajstić information content (AvgIpc) is 3.54. The van der Waals surface area contributed by atoms with Crippen molar-refractivity contribution in [3.05, 3.63) is 40.1 Å². The third-order valence-electron chi connectivity index (χ3n) is 8.43. The van der Waals surface area contributed by atoms with E-state index in [1.54, 1.807) is 17.5 Å². The van der Waals surface area contributed by atoms with Crippen molar-refractivity contribution in [3.63, 3.8) is 0 Å². The van der Waals surface area contributed by atoms with Crippen molar-refractivity contribution in [1.29, 1.82) is 0 Å². The quantitative estimate of drug-likeness (QED) is 0.266. The van der Waals surface area contributed by atoms with Gasteiger partial charge in [-0.2, -0.15) is 4.31 Å². The Kier molecular flexibility index (Phi) is 9.89. The van der Waals surface area contributed by atoms with E-state index in [1.165, 1.54) is 22.9 Å². The van der Waals surface area contributed by atoms with Crippen LogP contribution in [-0.4, -0.2) is 70.5 Å². The molecule has 43 heavy (non-hydrogen) atoms. The highest BCUT2D eigenvalue weighted by Crippen LogP contribution is 2.38. The number of aromatic amines is 1. The first kappa shape index (κ1) is 31.6.